The normalized spacial score (nSPS) is 22.5. The van der Waals surface area contributed by atoms with Crippen molar-refractivity contribution in [3.63, 3.8) is 0 Å². The highest BCUT2D eigenvalue weighted by Crippen LogP contribution is 2.32. The van der Waals surface area contributed by atoms with Gasteiger partial charge in [0.15, 0.2) is 0 Å². The first-order chi connectivity index (χ1) is 11.7. The van der Waals surface area contributed by atoms with E-state index >= 15 is 0 Å². The van der Waals surface area contributed by atoms with Crippen molar-refractivity contribution in [3.05, 3.63) is 59.9 Å². The maximum absolute atomic E-state index is 12.7. The van der Waals surface area contributed by atoms with Crippen molar-refractivity contribution in [1.29, 1.82) is 0 Å². The molecule has 1 spiro atoms. The summed E-state index contributed by atoms with van der Waals surface area (Å²) in [6, 6.07) is 10.6. The van der Waals surface area contributed by atoms with Crippen molar-refractivity contribution in [3.8, 4) is 5.75 Å². The Morgan fingerprint density at radius 2 is 2.12 bits per heavy atom. The van der Waals surface area contributed by atoms with Gasteiger partial charge < -0.3 is 15.0 Å². The Kier molecular flexibility index (Phi) is 3.45. The number of hydrogen-bond acceptors (Lipinski definition) is 4. The monoisotopic (exact) mass is 323 g/mol. The fourth-order valence-corrected chi connectivity index (χ4v) is 3.31. The number of fused-ring (bicyclic) bond motifs is 1. The lowest BCUT2D eigenvalue weighted by Gasteiger charge is -2.45. The molecule has 4 rings (SSSR count). The predicted octanol–water partition coefficient (Wildman–Crippen LogP) is 1.84. The molecule has 6 heteroatoms. The van der Waals surface area contributed by atoms with Crippen molar-refractivity contribution in [1.82, 2.24) is 15.2 Å². The van der Waals surface area contributed by atoms with Gasteiger partial charge in [-0.3, -0.25) is 14.6 Å². The van der Waals surface area contributed by atoms with Gasteiger partial charge in [0.1, 0.15) is 5.75 Å². The molecule has 2 aliphatic rings. The summed E-state index contributed by atoms with van der Waals surface area (Å²) in [6.07, 6.45) is 4.62. The minimum Gasteiger partial charge on any atom is -0.465 e. The summed E-state index contributed by atoms with van der Waals surface area (Å²) < 4.78 is 6.11. The number of likely N-dealkylation sites (tertiary alicyclic amines) is 1. The molecule has 2 aromatic rings. The molecule has 1 fully saturated rings. The third kappa shape index (κ3) is 2.50. The first-order valence-corrected chi connectivity index (χ1v) is 7.97. The van der Waals surface area contributed by atoms with E-state index in [1.807, 2.05) is 6.07 Å². The van der Waals surface area contributed by atoms with Gasteiger partial charge in [-0.1, -0.05) is 12.1 Å². The average molecular weight is 323 g/mol. The number of carbonyl (C=O) groups excluding carboxylic acids is 2. The van der Waals surface area contributed by atoms with Crippen LogP contribution in [0.1, 0.15) is 33.6 Å². The number of rotatable bonds is 1. The smallest absolute Gasteiger partial charge is 0.258 e. The molecule has 1 aromatic carbocycles. The van der Waals surface area contributed by atoms with Crippen LogP contribution in [0.25, 0.3) is 0 Å². The second kappa shape index (κ2) is 5.63. The number of piperidine rings is 1. The number of pyridine rings is 1. The molecule has 1 N–H and O–H groups in total. The van der Waals surface area contributed by atoms with Crippen LogP contribution in [0.4, 0.5) is 0 Å². The molecule has 1 saturated heterocycles. The lowest BCUT2D eigenvalue weighted by atomic mass is 9.97. The Morgan fingerprint density at radius 3 is 2.96 bits per heavy atom. The molecule has 6 nitrogen and oxygen atoms in total. The van der Waals surface area contributed by atoms with E-state index in [2.05, 4.69) is 10.3 Å². The number of carbonyl (C=O) groups is 2. The molecule has 2 amide bonds. The van der Waals surface area contributed by atoms with Gasteiger partial charge in [0.05, 0.1) is 17.7 Å². The topological polar surface area (TPSA) is 71.5 Å². The zero-order valence-electron chi connectivity index (χ0n) is 13.1. The first-order valence-electron chi connectivity index (χ1n) is 7.97. The van der Waals surface area contributed by atoms with E-state index in [1.165, 1.54) is 0 Å². The van der Waals surface area contributed by atoms with E-state index < -0.39 is 5.72 Å². The van der Waals surface area contributed by atoms with Crippen LogP contribution in [-0.2, 0) is 0 Å². The quantitative estimate of drug-likeness (QED) is 0.869. The van der Waals surface area contributed by atoms with Crippen molar-refractivity contribution in [2.75, 3.05) is 13.1 Å². The highest BCUT2D eigenvalue weighted by Gasteiger charge is 2.44. The number of para-hydroxylation sites is 1. The minimum atomic E-state index is -0.860. The van der Waals surface area contributed by atoms with Crippen LogP contribution in [0.5, 0.6) is 5.75 Å². The van der Waals surface area contributed by atoms with Crippen LogP contribution >= 0.6 is 0 Å². The summed E-state index contributed by atoms with van der Waals surface area (Å²) in [5.74, 6) is 0.309. The van der Waals surface area contributed by atoms with Gasteiger partial charge >= 0.3 is 0 Å². The van der Waals surface area contributed by atoms with Gasteiger partial charge in [-0.15, -0.1) is 0 Å². The number of benzene rings is 1. The number of nitrogens with one attached hydrogen (secondary N) is 1. The number of aromatic nitrogens is 1. The maximum atomic E-state index is 12.7. The molecular weight excluding hydrogens is 306 g/mol. The van der Waals surface area contributed by atoms with E-state index in [1.54, 1.807) is 47.6 Å². The van der Waals surface area contributed by atoms with Crippen LogP contribution in [0.3, 0.4) is 0 Å². The van der Waals surface area contributed by atoms with Crippen molar-refractivity contribution in [2.45, 2.75) is 18.6 Å². The average Bonchev–Trinajstić information content (AvgIpc) is 2.62. The Bertz CT molecular complexity index is 793. The van der Waals surface area contributed by atoms with E-state index in [9.17, 15) is 9.59 Å². The van der Waals surface area contributed by atoms with Crippen LogP contribution in [0.2, 0.25) is 0 Å². The molecule has 24 heavy (non-hydrogen) atoms. The van der Waals surface area contributed by atoms with Gasteiger partial charge in [-0.25, -0.2) is 0 Å². The Labute approximate surface area is 139 Å². The summed E-state index contributed by atoms with van der Waals surface area (Å²) in [5.41, 5.74) is 0.206. The molecular formula is C18H17N3O3. The second-order valence-corrected chi connectivity index (χ2v) is 6.12. The zero-order valence-corrected chi connectivity index (χ0v) is 13.1. The Balaban J connectivity index is 1.59. The summed E-state index contributed by atoms with van der Waals surface area (Å²) >= 11 is 0. The van der Waals surface area contributed by atoms with Gasteiger partial charge in [0, 0.05) is 25.4 Å². The molecule has 122 valence electrons. The number of ether oxygens (including phenoxy) is 1. The van der Waals surface area contributed by atoms with E-state index in [4.69, 9.17) is 4.74 Å². The highest BCUT2D eigenvalue weighted by molar-refractivity contribution is 5.98. The lowest BCUT2D eigenvalue weighted by molar-refractivity contribution is -0.0314. The lowest BCUT2D eigenvalue weighted by Crippen LogP contribution is -2.64. The molecule has 3 heterocycles. The SMILES string of the molecule is O=C1N[C@@]2(CCCN(C(=O)c3cccnc3)C2)Oc2ccccc21. The number of nitrogens with zero attached hydrogens (tertiary/aromatic N) is 2. The number of amides is 2. The molecule has 1 aromatic heterocycles. The predicted molar refractivity (Wildman–Crippen MR) is 86.6 cm³/mol. The van der Waals surface area contributed by atoms with Gasteiger partial charge in [-0.2, -0.15) is 0 Å². The van der Waals surface area contributed by atoms with Gasteiger partial charge in [0.25, 0.3) is 11.8 Å². The molecule has 0 radical (unpaired) electrons. The van der Waals surface area contributed by atoms with Crippen molar-refractivity contribution >= 4 is 11.8 Å². The van der Waals surface area contributed by atoms with Crippen LogP contribution in [0, 0.1) is 0 Å². The fraction of sp³-hybridized carbons (Fsp3) is 0.278. The summed E-state index contributed by atoms with van der Waals surface area (Å²) in [5, 5.41) is 2.95. The first kappa shape index (κ1) is 14.7. The van der Waals surface area contributed by atoms with E-state index in [0.717, 1.165) is 6.42 Å². The minimum absolute atomic E-state index is 0.0983. The number of hydrogen-bond donors (Lipinski definition) is 1. The third-order valence-electron chi connectivity index (χ3n) is 4.43. The Hall–Kier alpha value is -2.89. The molecule has 0 saturated carbocycles. The van der Waals surface area contributed by atoms with E-state index in [-0.39, 0.29) is 11.8 Å². The van der Waals surface area contributed by atoms with Gasteiger partial charge in [-0.05, 0) is 30.7 Å². The maximum Gasteiger partial charge on any atom is 0.258 e. The van der Waals surface area contributed by atoms with Gasteiger partial charge in [0.2, 0.25) is 5.72 Å². The van der Waals surface area contributed by atoms with Crippen molar-refractivity contribution in [2.24, 2.45) is 0 Å². The standard InChI is InChI=1S/C18H17N3O3/c22-16-14-6-1-2-7-15(14)24-18(20-16)8-4-10-21(12-18)17(23)13-5-3-9-19-11-13/h1-3,5-7,9,11H,4,8,10,12H2,(H,20,22)/t18-/m0/s1. The third-order valence-corrected chi connectivity index (χ3v) is 4.43. The highest BCUT2D eigenvalue weighted by atomic mass is 16.5. The Morgan fingerprint density at radius 1 is 1.25 bits per heavy atom. The summed E-state index contributed by atoms with van der Waals surface area (Å²) in [6.45, 7) is 0.956. The summed E-state index contributed by atoms with van der Waals surface area (Å²) in [7, 11) is 0. The summed E-state index contributed by atoms with van der Waals surface area (Å²) in [4.78, 5) is 30.8. The molecule has 0 aliphatic carbocycles. The van der Waals surface area contributed by atoms with E-state index in [0.29, 0.717) is 36.4 Å². The van der Waals surface area contributed by atoms with Crippen LogP contribution in [0.15, 0.2) is 48.8 Å². The zero-order chi connectivity index (χ0) is 16.6. The largest absolute Gasteiger partial charge is 0.465 e. The molecule has 0 unspecified atom stereocenters. The fourth-order valence-electron chi connectivity index (χ4n) is 3.31. The molecule has 0 bridgehead atoms. The molecule has 2 aliphatic heterocycles. The van der Waals surface area contributed by atoms with Crippen LogP contribution < -0.4 is 10.1 Å². The molecule has 1 atom stereocenters. The van der Waals surface area contributed by atoms with Crippen LogP contribution in [-0.4, -0.2) is 40.5 Å². The van der Waals surface area contributed by atoms with Crippen molar-refractivity contribution < 1.29 is 14.3 Å². The second-order valence-electron chi connectivity index (χ2n) is 6.12.